The first-order valence-corrected chi connectivity index (χ1v) is 9.34. The number of aliphatic imine (C=N–C) groups is 1. The lowest BCUT2D eigenvalue weighted by atomic mass is 10.2. The fraction of sp³-hybridized carbons (Fsp3) is 0.125. The molecule has 0 aliphatic carbocycles. The third kappa shape index (κ3) is 3.55. The van der Waals surface area contributed by atoms with Gasteiger partial charge in [0.15, 0.2) is 0 Å². The lowest BCUT2D eigenvalue weighted by Crippen LogP contribution is -2.03. The van der Waals surface area contributed by atoms with Gasteiger partial charge < -0.3 is 9.30 Å². The van der Waals surface area contributed by atoms with Crippen LogP contribution in [0.2, 0.25) is 0 Å². The smallest absolute Gasteiger partial charge is 0.337 e. The van der Waals surface area contributed by atoms with E-state index in [1.165, 1.54) is 7.11 Å². The molecular weight excluding hydrogens is 362 g/mol. The number of hydrogen-bond acceptors (Lipinski definition) is 4. The van der Waals surface area contributed by atoms with Crippen LogP contribution in [-0.4, -0.2) is 28.8 Å². The normalized spacial score (nSPS) is 11.3. The first-order valence-electron chi connectivity index (χ1n) is 9.34. The quantitative estimate of drug-likeness (QED) is 0.360. The number of benzene rings is 2. The predicted octanol–water partition coefficient (Wildman–Crippen LogP) is 5.18. The van der Waals surface area contributed by atoms with Gasteiger partial charge in [-0.2, -0.15) is 0 Å². The lowest BCUT2D eigenvalue weighted by Gasteiger charge is -2.10. The average molecular weight is 383 g/mol. The van der Waals surface area contributed by atoms with E-state index in [0.29, 0.717) is 5.56 Å². The van der Waals surface area contributed by atoms with Crippen molar-refractivity contribution in [3.05, 3.63) is 89.4 Å². The minimum absolute atomic E-state index is 0.339. The Morgan fingerprint density at radius 3 is 2.59 bits per heavy atom. The largest absolute Gasteiger partial charge is 0.465 e. The number of pyridine rings is 1. The number of carbonyl (C=O) groups excluding carboxylic acids is 1. The van der Waals surface area contributed by atoms with Gasteiger partial charge in [0.2, 0.25) is 0 Å². The van der Waals surface area contributed by atoms with Crippen molar-refractivity contribution in [3.63, 3.8) is 0 Å². The van der Waals surface area contributed by atoms with E-state index in [1.807, 2.05) is 48.7 Å². The Bertz CT molecular complexity index is 1220. The highest BCUT2D eigenvalue weighted by Crippen LogP contribution is 2.25. The molecular formula is C24H21N3O2. The van der Waals surface area contributed by atoms with Crippen LogP contribution in [0.25, 0.3) is 16.6 Å². The van der Waals surface area contributed by atoms with Gasteiger partial charge in [0, 0.05) is 40.4 Å². The van der Waals surface area contributed by atoms with Crippen LogP contribution in [0.4, 0.5) is 5.69 Å². The molecule has 2 aromatic carbocycles. The summed E-state index contributed by atoms with van der Waals surface area (Å²) >= 11 is 0. The molecule has 4 aromatic rings. The van der Waals surface area contributed by atoms with Crippen molar-refractivity contribution in [1.29, 1.82) is 0 Å². The molecule has 0 spiro atoms. The van der Waals surface area contributed by atoms with Crippen molar-refractivity contribution in [1.82, 2.24) is 9.55 Å². The maximum atomic E-state index is 11.7. The Morgan fingerprint density at radius 2 is 1.83 bits per heavy atom. The van der Waals surface area contributed by atoms with Crippen LogP contribution >= 0.6 is 0 Å². The van der Waals surface area contributed by atoms with Crippen LogP contribution in [-0.2, 0) is 4.74 Å². The number of esters is 1. The molecule has 144 valence electrons. The van der Waals surface area contributed by atoms with E-state index >= 15 is 0 Å². The Kier molecular flexibility index (Phi) is 4.96. The molecule has 29 heavy (non-hydrogen) atoms. The maximum absolute atomic E-state index is 11.7. The van der Waals surface area contributed by atoms with Gasteiger partial charge in [-0.1, -0.05) is 18.2 Å². The van der Waals surface area contributed by atoms with Gasteiger partial charge in [-0.25, -0.2) is 4.79 Å². The summed E-state index contributed by atoms with van der Waals surface area (Å²) in [6.07, 6.45) is 3.66. The fourth-order valence-corrected chi connectivity index (χ4v) is 3.51. The van der Waals surface area contributed by atoms with Crippen LogP contribution in [0.1, 0.15) is 27.3 Å². The third-order valence-corrected chi connectivity index (χ3v) is 4.97. The van der Waals surface area contributed by atoms with Crippen molar-refractivity contribution in [3.8, 4) is 5.69 Å². The van der Waals surface area contributed by atoms with Crippen molar-refractivity contribution in [2.75, 3.05) is 7.11 Å². The fourth-order valence-electron chi connectivity index (χ4n) is 3.51. The van der Waals surface area contributed by atoms with Gasteiger partial charge in [-0.15, -0.1) is 0 Å². The Hall–Kier alpha value is -3.73. The zero-order valence-corrected chi connectivity index (χ0v) is 16.6. The van der Waals surface area contributed by atoms with Gasteiger partial charge in [-0.05, 0) is 56.3 Å². The van der Waals surface area contributed by atoms with Crippen LogP contribution < -0.4 is 0 Å². The van der Waals surface area contributed by atoms with Crippen LogP contribution in [0.15, 0.2) is 71.9 Å². The van der Waals surface area contributed by atoms with Crippen molar-refractivity contribution in [2.45, 2.75) is 13.8 Å². The standard InChI is InChI=1S/C24H21N3O2/c1-16-14-20(15-26-22-8-4-6-18-7-5-13-25-23(18)22)17(2)27(16)21-11-9-19(10-12-21)24(28)29-3/h4-15H,1-3H3. The Balaban J connectivity index is 1.68. The number of rotatable bonds is 4. The molecule has 0 radical (unpaired) electrons. The minimum atomic E-state index is -0.339. The number of carbonyl (C=O) groups is 1. The zero-order chi connectivity index (χ0) is 20.4. The van der Waals surface area contributed by atoms with Crippen molar-refractivity contribution >= 4 is 28.8 Å². The summed E-state index contributed by atoms with van der Waals surface area (Å²) in [4.78, 5) is 20.8. The summed E-state index contributed by atoms with van der Waals surface area (Å²) in [5.74, 6) is -0.339. The summed E-state index contributed by atoms with van der Waals surface area (Å²) in [6.45, 7) is 4.11. The number of fused-ring (bicyclic) bond motifs is 1. The predicted molar refractivity (Wildman–Crippen MR) is 116 cm³/mol. The molecule has 0 amide bonds. The molecule has 0 aliphatic heterocycles. The van der Waals surface area contributed by atoms with Crippen LogP contribution in [0, 0.1) is 13.8 Å². The van der Waals surface area contributed by atoms with Crippen molar-refractivity contribution < 1.29 is 9.53 Å². The van der Waals surface area contributed by atoms with Crippen LogP contribution in [0.3, 0.4) is 0 Å². The van der Waals surface area contributed by atoms with Gasteiger partial charge >= 0.3 is 5.97 Å². The number of methoxy groups -OCH3 is 1. The molecule has 0 saturated carbocycles. The lowest BCUT2D eigenvalue weighted by molar-refractivity contribution is 0.0601. The molecule has 0 saturated heterocycles. The molecule has 0 N–H and O–H groups in total. The summed E-state index contributed by atoms with van der Waals surface area (Å²) in [7, 11) is 1.38. The maximum Gasteiger partial charge on any atom is 0.337 e. The molecule has 0 bridgehead atoms. The Morgan fingerprint density at radius 1 is 1.07 bits per heavy atom. The monoisotopic (exact) mass is 383 g/mol. The number of aryl methyl sites for hydroxylation is 1. The summed E-state index contributed by atoms with van der Waals surface area (Å²) in [5.41, 5.74) is 6.44. The highest BCUT2D eigenvalue weighted by atomic mass is 16.5. The summed E-state index contributed by atoms with van der Waals surface area (Å²) in [6, 6.07) is 19.4. The molecule has 0 aliphatic rings. The third-order valence-electron chi connectivity index (χ3n) is 4.97. The zero-order valence-electron chi connectivity index (χ0n) is 16.6. The van der Waals surface area contributed by atoms with E-state index in [4.69, 9.17) is 9.73 Å². The van der Waals surface area contributed by atoms with E-state index in [2.05, 4.69) is 29.5 Å². The van der Waals surface area contributed by atoms with Crippen molar-refractivity contribution in [2.24, 2.45) is 4.99 Å². The summed E-state index contributed by atoms with van der Waals surface area (Å²) in [5, 5.41) is 1.07. The van der Waals surface area contributed by atoms with E-state index in [9.17, 15) is 4.79 Å². The van der Waals surface area contributed by atoms with Gasteiger partial charge in [0.05, 0.1) is 23.9 Å². The molecule has 4 rings (SSSR count). The second kappa shape index (κ2) is 7.72. The molecule has 2 aromatic heterocycles. The number of ether oxygens (including phenoxy) is 1. The number of hydrogen-bond donors (Lipinski definition) is 0. The molecule has 5 heteroatoms. The molecule has 0 unspecified atom stereocenters. The van der Waals surface area contributed by atoms with E-state index < -0.39 is 0 Å². The number of para-hydroxylation sites is 1. The van der Waals surface area contributed by atoms with Gasteiger partial charge in [-0.3, -0.25) is 9.98 Å². The molecule has 5 nitrogen and oxygen atoms in total. The SMILES string of the molecule is COC(=O)c1ccc(-n2c(C)cc(C=Nc3cccc4cccnc34)c2C)cc1. The topological polar surface area (TPSA) is 56.5 Å². The molecule has 0 fully saturated rings. The van der Waals surface area contributed by atoms with E-state index in [0.717, 1.165) is 39.2 Å². The first-order chi connectivity index (χ1) is 14.1. The average Bonchev–Trinajstić information content (AvgIpc) is 3.04. The highest BCUT2D eigenvalue weighted by Gasteiger charge is 2.11. The highest BCUT2D eigenvalue weighted by molar-refractivity contribution is 5.93. The second-order valence-corrected chi connectivity index (χ2v) is 6.81. The second-order valence-electron chi connectivity index (χ2n) is 6.81. The molecule has 2 heterocycles. The van der Waals surface area contributed by atoms with Gasteiger partial charge in [0.1, 0.15) is 0 Å². The number of nitrogens with zero attached hydrogens (tertiary/aromatic N) is 3. The van der Waals surface area contributed by atoms with Crippen LogP contribution in [0.5, 0.6) is 0 Å². The minimum Gasteiger partial charge on any atom is -0.465 e. The first kappa shape index (κ1) is 18.6. The van der Waals surface area contributed by atoms with E-state index in [-0.39, 0.29) is 5.97 Å². The molecule has 0 atom stereocenters. The van der Waals surface area contributed by atoms with Gasteiger partial charge in [0.25, 0.3) is 0 Å². The van der Waals surface area contributed by atoms with E-state index in [1.54, 1.807) is 18.3 Å². The summed E-state index contributed by atoms with van der Waals surface area (Å²) < 4.78 is 6.91. The Labute approximate surface area is 169 Å². The number of aromatic nitrogens is 2.